The van der Waals surface area contributed by atoms with Crippen molar-refractivity contribution < 1.29 is 13.9 Å². The maximum Gasteiger partial charge on any atom is 0.291 e. The molecule has 0 fully saturated rings. The minimum atomic E-state index is -0.265. The van der Waals surface area contributed by atoms with Crippen molar-refractivity contribution in [2.24, 2.45) is 0 Å². The number of nitrogens with one attached hydrogen (secondary N) is 1. The lowest BCUT2D eigenvalue weighted by molar-refractivity contribution is 0.0995. The van der Waals surface area contributed by atoms with Gasteiger partial charge in [-0.15, -0.1) is 0 Å². The Morgan fingerprint density at radius 3 is 2.21 bits per heavy atom. The topological polar surface area (TPSA) is 51.5 Å². The van der Waals surface area contributed by atoms with E-state index >= 15 is 0 Å². The van der Waals surface area contributed by atoms with Crippen molar-refractivity contribution in [2.45, 2.75) is 71.3 Å². The van der Waals surface area contributed by atoms with Gasteiger partial charge in [-0.25, -0.2) is 0 Å². The van der Waals surface area contributed by atoms with Crippen LogP contribution in [-0.2, 0) is 23.9 Å². The number of furan rings is 1. The van der Waals surface area contributed by atoms with E-state index in [1.807, 2.05) is 60.7 Å². The van der Waals surface area contributed by atoms with Gasteiger partial charge in [0, 0.05) is 12.1 Å². The molecule has 1 heterocycles. The van der Waals surface area contributed by atoms with Crippen LogP contribution >= 0.6 is 0 Å². The minimum absolute atomic E-state index is 0.156. The van der Waals surface area contributed by atoms with Crippen molar-refractivity contribution in [1.82, 2.24) is 0 Å². The van der Waals surface area contributed by atoms with E-state index in [1.54, 1.807) is 6.07 Å². The maximum atomic E-state index is 12.9. The zero-order valence-corrected chi connectivity index (χ0v) is 23.1. The van der Waals surface area contributed by atoms with Crippen molar-refractivity contribution >= 4 is 11.6 Å². The van der Waals surface area contributed by atoms with Crippen LogP contribution in [0.5, 0.6) is 5.75 Å². The number of anilines is 1. The van der Waals surface area contributed by atoms with Crippen LogP contribution in [0.2, 0.25) is 0 Å². The van der Waals surface area contributed by atoms with E-state index in [4.69, 9.17) is 9.15 Å². The Kier molecular flexibility index (Phi) is 6.92. The summed E-state index contributed by atoms with van der Waals surface area (Å²) < 4.78 is 11.8. The van der Waals surface area contributed by atoms with Crippen LogP contribution < -0.4 is 10.1 Å². The van der Waals surface area contributed by atoms with E-state index in [9.17, 15) is 4.79 Å². The highest BCUT2D eigenvalue weighted by atomic mass is 16.5. The molecule has 196 valence electrons. The van der Waals surface area contributed by atoms with Crippen LogP contribution in [0.15, 0.2) is 83.3 Å². The fourth-order valence-electron chi connectivity index (χ4n) is 5.31. The number of hydrogen-bond acceptors (Lipinski definition) is 3. The van der Waals surface area contributed by atoms with Gasteiger partial charge in [0.25, 0.3) is 5.91 Å². The number of benzene rings is 3. The van der Waals surface area contributed by atoms with Gasteiger partial charge in [0.2, 0.25) is 0 Å². The second-order valence-corrected chi connectivity index (χ2v) is 11.8. The normalized spacial score (nSPS) is 15.5. The Balaban J connectivity index is 1.24. The van der Waals surface area contributed by atoms with E-state index in [2.05, 4.69) is 52.1 Å². The molecule has 1 amide bonds. The molecule has 0 saturated carbocycles. The van der Waals surface area contributed by atoms with Crippen LogP contribution in [0.3, 0.4) is 0 Å². The average molecular weight is 508 g/mol. The summed E-state index contributed by atoms with van der Waals surface area (Å²) in [5.74, 6) is 1.58. The van der Waals surface area contributed by atoms with Crippen molar-refractivity contribution in [3.05, 3.63) is 118 Å². The summed E-state index contributed by atoms with van der Waals surface area (Å²) in [6.07, 6.45) is 3.04. The first-order valence-electron chi connectivity index (χ1n) is 13.4. The first-order chi connectivity index (χ1) is 18.1. The number of hydrogen-bond donors (Lipinski definition) is 1. The number of carbonyl (C=O) groups is 1. The molecule has 0 radical (unpaired) electrons. The highest BCUT2D eigenvalue weighted by Crippen LogP contribution is 2.46. The Labute approximate surface area is 226 Å². The maximum absolute atomic E-state index is 12.9. The van der Waals surface area contributed by atoms with E-state index in [0.717, 1.165) is 17.1 Å². The number of aryl methyl sites for hydroxylation is 1. The number of ether oxygens (including phenoxy) is 1. The van der Waals surface area contributed by atoms with Crippen molar-refractivity contribution in [1.29, 1.82) is 0 Å². The van der Waals surface area contributed by atoms with Gasteiger partial charge in [-0.05, 0) is 94.8 Å². The summed E-state index contributed by atoms with van der Waals surface area (Å²) in [5, 5.41) is 2.92. The summed E-state index contributed by atoms with van der Waals surface area (Å²) in [6, 6.07) is 25.8. The largest absolute Gasteiger partial charge is 0.489 e. The van der Waals surface area contributed by atoms with Crippen LogP contribution in [-0.4, -0.2) is 5.91 Å². The van der Waals surface area contributed by atoms with Gasteiger partial charge in [0.05, 0.1) is 0 Å². The zero-order chi connectivity index (χ0) is 26.9. The Morgan fingerprint density at radius 1 is 0.868 bits per heavy atom. The molecule has 1 N–H and O–H groups in total. The quantitative estimate of drug-likeness (QED) is 0.273. The Bertz CT molecular complexity index is 1430. The van der Waals surface area contributed by atoms with Crippen LogP contribution in [0.25, 0.3) is 0 Å². The lowest BCUT2D eigenvalue weighted by Crippen LogP contribution is -2.34. The van der Waals surface area contributed by atoms with E-state index in [1.165, 1.54) is 35.1 Å². The van der Waals surface area contributed by atoms with E-state index < -0.39 is 0 Å². The molecule has 0 saturated heterocycles. The molecule has 1 aliphatic carbocycles. The predicted molar refractivity (Wildman–Crippen MR) is 153 cm³/mol. The first kappa shape index (κ1) is 25.8. The molecule has 1 aromatic heterocycles. The van der Waals surface area contributed by atoms with Gasteiger partial charge < -0.3 is 14.5 Å². The van der Waals surface area contributed by atoms with Gasteiger partial charge >= 0.3 is 0 Å². The third-order valence-electron chi connectivity index (χ3n) is 7.92. The predicted octanol–water partition coefficient (Wildman–Crippen LogP) is 8.36. The third-order valence-corrected chi connectivity index (χ3v) is 7.92. The highest BCUT2D eigenvalue weighted by Gasteiger charge is 2.37. The standard InChI is InChI=1S/C34H37NO3/c1-23-19-29-30(34(4,5)18-17-33(29,2)3)21-25(23)20-28-15-16-31(38-28)32(36)35-26-11-13-27(14-12-26)37-22-24-9-7-6-8-10-24/h6-16,19,21H,17-18,20,22H2,1-5H3,(H,35,36). The molecule has 4 aromatic rings. The van der Waals surface area contributed by atoms with Gasteiger partial charge in [-0.2, -0.15) is 0 Å². The second-order valence-electron chi connectivity index (χ2n) is 11.8. The van der Waals surface area contributed by atoms with Crippen LogP contribution in [0.4, 0.5) is 5.69 Å². The molecule has 4 nitrogen and oxygen atoms in total. The number of carbonyl (C=O) groups excluding carboxylic acids is 1. The monoisotopic (exact) mass is 507 g/mol. The summed E-state index contributed by atoms with van der Waals surface area (Å²) in [5.41, 5.74) is 7.57. The van der Waals surface area contributed by atoms with Crippen molar-refractivity contribution in [2.75, 3.05) is 5.32 Å². The summed E-state index contributed by atoms with van der Waals surface area (Å²) in [6.45, 7) is 12.1. The molecule has 0 aliphatic heterocycles. The van der Waals surface area contributed by atoms with E-state index in [0.29, 0.717) is 24.5 Å². The molecule has 1 aliphatic rings. The summed E-state index contributed by atoms with van der Waals surface area (Å²) in [4.78, 5) is 12.9. The molecule has 3 aromatic carbocycles. The van der Waals surface area contributed by atoms with Crippen molar-refractivity contribution in [3.8, 4) is 5.75 Å². The van der Waals surface area contributed by atoms with Crippen LogP contribution in [0.1, 0.15) is 84.7 Å². The fourth-order valence-corrected chi connectivity index (χ4v) is 5.31. The number of rotatable bonds is 7. The summed E-state index contributed by atoms with van der Waals surface area (Å²) in [7, 11) is 0. The van der Waals surface area contributed by atoms with Crippen molar-refractivity contribution in [3.63, 3.8) is 0 Å². The lowest BCUT2D eigenvalue weighted by Gasteiger charge is -2.42. The zero-order valence-electron chi connectivity index (χ0n) is 23.1. The Hall–Kier alpha value is -3.79. The minimum Gasteiger partial charge on any atom is -0.489 e. The SMILES string of the molecule is Cc1cc2c(cc1Cc1ccc(C(=O)Nc3ccc(OCc4ccccc4)cc3)o1)C(C)(C)CCC2(C)C. The number of amides is 1. The molecular formula is C34H37NO3. The molecular weight excluding hydrogens is 470 g/mol. The fraction of sp³-hybridized carbons (Fsp3) is 0.324. The molecule has 38 heavy (non-hydrogen) atoms. The smallest absolute Gasteiger partial charge is 0.291 e. The lowest BCUT2D eigenvalue weighted by atomic mass is 9.62. The van der Waals surface area contributed by atoms with Gasteiger partial charge in [0.1, 0.15) is 18.1 Å². The van der Waals surface area contributed by atoms with E-state index in [-0.39, 0.29) is 16.7 Å². The Morgan fingerprint density at radius 2 is 1.53 bits per heavy atom. The highest BCUT2D eigenvalue weighted by molar-refractivity contribution is 6.02. The molecule has 4 heteroatoms. The van der Waals surface area contributed by atoms with Crippen LogP contribution in [0, 0.1) is 6.92 Å². The van der Waals surface area contributed by atoms with Gasteiger partial charge in [-0.1, -0.05) is 70.2 Å². The second kappa shape index (κ2) is 10.2. The number of fused-ring (bicyclic) bond motifs is 1. The molecule has 0 spiro atoms. The van der Waals surface area contributed by atoms with Gasteiger partial charge in [-0.3, -0.25) is 4.79 Å². The summed E-state index contributed by atoms with van der Waals surface area (Å²) >= 11 is 0. The molecule has 0 unspecified atom stereocenters. The van der Waals surface area contributed by atoms with Gasteiger partial charge in [0.15, 0.2) is 5.76 Å². The third kappa shape index (κ3) is 5.55. The molecule has 0 bridgehead atoms. The average Bonchev–Trinajstić information content (AvgIpc) is 3.37. The molecule has 5 rings (SSSR count). The molecule has 0 atom stereocenters. The first-order valence-corrected chi connectivity index (χ1v) is 13.4.